The lowest BCUT2D eigenvalue weighted by atomic mass is 10.1. The Balaban J connectivity index is 2.46. The summed E-state index contributed by atoms with van der Waals surface area (Å²) in [6, 6.07) is 6.07. The van der Waals surface area contributed by atoms with E-state index in [1.54, 1.807) is 0 Å². The van der Waals surface area contributed by atoms with Crippen LogP contribution in [0.2, 0.25) is 0 Å². The molecule has 0 bridgehead atoms. The summed E-state index contributed by atoms with van der Waals surface area (Å²) in [6.07, 6.45) is 0.491. The lowest BCUT2D eigenvalue weighted by Gasteiger charge is -2.10. The van der Waals surface area contributed by atoms with Crippen LogP contribution < -0.4 is 4.74 Å². The van der Waals surface area contributed by atoms with Crippen molar-refractivity contribution in [1.29, 1.82) is 0 Å². The van der Waals surface area contributed by atoms with E-state index in [0.717, 1.165) is 11.3 Å². The Morgan fingerprint density at radius 2 is 2.00 bits per heavy atom. The van der Waals surface area contributed by atoms with E-state index in [0.29, 0.717) is 13.0 Å². The maximum atomic E-state index is 11.4. The second-order valence-electron chi connectivity index (χ2n) is 4.49. The molecule has 0 amide bonds. The van der Waals surface area contributed by atoms with Gasteiger partial charge in [0.2, 0.25) is 0 Å². The third-order valence-corrected chi connectivity index (χ3v) is 2.58. The zero-order valence-electron chi connectivity index (χ0n) is 10.5. The highest BCUT2D eigenvalue weighted by atomic mass is 16.5. The molecule has 0 aliphatic rings. The largest absolute Gasteiger partial charge is 0.493 e. The molecule has 0 radical (unpaired) electrons. The van der Waals surface area contributed by atoms with Crippen molar-refractivity contribution < 1.29 is 9.53 Å². The van der Waals surface area contributed by atoms with Crippen molar-refractivity contribution in [3.8, 4) is 5.75 Å². The van der Waals surface area contributed by atoms with Gasteiger partial charge in [0.1, 0.15) is 11.5 Å². The molecule has 2 nitrogen and oxygen atoms in total. The molecule has 0 aliphatic carbocycles. The third kappa shape index (κ3) is 3.69. The molecule has 0 atom stereocenters. The summed E-state index contributed by atoms with van der Waals surface area (Å²) in [5, 5.41) is 0. The summed E-state index contributed by atoms with van der Waals surface area (Å²) in [5.74, 6) is 1.23. The van der Waals surface area contributed by atoms with Crippen LogP contribution in [0.25, 0.3) is 0 Å². The highest BCUT2D eigenvalue weighted by Gasteiger charge is 2.07. The first-order chi connectivity index (χ1) is 7.50. The van der Waals surface area contributed by atoms with Gasteiger partial charge >= 0.3 is 0 Å². The van der Waals surface area contributed by atoms with Crippen LogP contribution in [0.1, 0.15) is 31.4 Å². The molecule has 0 fully saturated rings. The van der Waals surface area contributed by atoms with Gasteiger partial charge in [-0.2, -0.15) is 0 Å². The third-order valence-electron chi connectivity index (χ3n) is 2.58. The van der Waals surface area contributed by atoms with E-state index < -0.39 is 0 Å². The smallest absolute Gasteiger partial charge is 0.138 e. The van der Waals surface area contributed by atoms with Crippen molar-refractivity contribution in [1.82, 2.24) is 0 Å². The minimum Gasteiger partial charge on any atom is -0.493 e. The first kappa shape index (κ1) is 12.8. The normalized spacial score (nSPS) is 10.6. The standard InChI is InChI=1S/C14H20O2/c1-10(2)13(15)7-8-16-14-6-5-11(3)9-12(14)4/h5-6,9-10H,7-8H2,1-4H3. The number of hydrogen-bond acceptors (Lipinski definition) is 2. The van der Waals surface area contributed by atoms with E-state index in [2.05, 4.69) is 13.0 Å². The van der Waals surface area contributed by atoms with Gasteiger partial charge in [-0.15, -0.1) is 0 Å². The predicted molar refractivity (Wildman–Crippen MR) is 65.9 cm³/mol. The SMILES string of the molecule is Cc1ccc(OCCC(=O)C(C)C)c(C)c1. The van der Waals surface area contributed by atoms with Crippen LogP contribution in [-0.4, -0.2) is 12.4 Å². The minimum absolute atomic E-state index is 0.0997. The molecule has 16 heavy (non-hydrogen) atoms. The summed E-state index contributed by atoms with van der Waals surface area (Å²) in [4.78, 5) is 11.4. The van der Waals surface area contributed by atoms with Crippen LogP contribution in [0.3, 0.4) is 0 Å². The molecule has 1 aromatic rings. The van der Waals surface area contributed by atoms with Gasteiger partial charge in [0.05, 0.1) is 6.61 Å². The number of Topliss-reactive ketones (excluding diaryl/α,β-unsaturated/α-hetero) is 1. The average Bonchev–Trinajstić information content (AvgIpc) is 2.20. The van der Waals surface area contributed by atoms with Crippen molar-refractivity contribution in [3.05, 3.63) is 29.3 Å². The fourth-order valence-electron chi connectivity index (χ4n) is 1.51. The van der Waals surface area contributed by atoms with Crippen molar-refractivity contribution in [2.75, 3.05) is 6.61 Å². The highest BCUT2D eigenvalue weighted by molar-refractivity contribution is 5.80. The second kappa shape index (κ2) is 5.69. The number of ether oxygens (including phenoxy) is 1. The van der Waals surface area contributed by atoms with Crippen LogP contribution >= 0.6 is 0 Å². The number of carbonyl (C=O) groups excluding carboxylic acids is 1. The summed E-state index contributed by atoms with van der Waals surface area (Å²) >= 11 is 0. The molecule has 0 unspecified atom stereocenters. The van der Waals surface area contributed by atoms with Gasteiger partial charge in [0.25, 0.3) is 0 Å². The van der Waals surface area contributed by atoms with E-state index in [1.807, 2.05) is 32.9 Å². The van der Waals surface area contributed by atoms with Crippen LogP contribution in [0.5, 0.6) is 5.75 Å². The lowest BCUT2D eigenvalue weighted by molar-refractivity contribution is -0.122. The Morgan fingerprint density at radius 1 is 1.31 bits per heavy atom. The van der Waals surface area contributed by atoms with Crippen molar-refractivity contribution in [2.45, 2.75) is 34.1 Å². The maximum Gasteiger partial charge on any atom is 0.138 e. The molecular formula is C14H20O2. The zero-order valence-corrected chi connectivity index (χ0v) is 10.5. The number of hydrogen-bond donors (Lipinski definition) is 0. The van der Waals surface area contributed by atoms with Gasteiger partial charge in [-0.3, -0.25) is 4.79 Å². The Labute approximate surface area is 97.6 Å². The molecule has 0 aromatic heterocycles. The molecule has 0 heterocycles. The molecule has 0 spiro atoms. The number of rotatable bonds is 5. The molecule has 0 aliphatic heterocycles. The lowest BCUT2D eigenvalue weighted by Crippen LogP contribution is -2.11. The monoisotopic (exact) mass is 220 g/mol. The number of ketones is 1. The molecule has 0 saturated heterocycles. The van der Waals surface area contributed by atoms with Gasteiger partial charge in [-0.25, -0.2) is 0 Å². The van der Waals surface area contributed by atoms with E-state index in [9.17, 15) is 4.79 Å². The average molecular weight is 220 g/mol. The number of aryl methyl sites for hydroxylation is 2. The summed E-state index contributed by atoms with van der Waals surface area (Å²) in [5.41, 5.74) is 2.35. The Bertz CT molecular complexity index is 367. The molecule has 0 N–H and O–H groups in total. The molecule has 2 heteroatoms. The van der Waals surface area contributed by atoms with Crippen LogP contribution in [0, 0.1) is 19.8 Å². The van der Waals surface area contributed by atoms with Crippen LogP contribution in [0.4, 0.5) is 0 Å². The topological polar surface area (TPSA) is 26.3 Å². The van der Waals surface area contributed by atoms with Gasteiger partial charge in [0, 0.05) is 12.3 Å². The van der Waals surface area contributed by atoms with Crippen molar-refractivity contribution in [2.24, 2.45) is 5.92 Å². The Morgan fingerprint density at radius 3 is 2.56 bits per heavy atom. The van der Waals surface area contributed by atoms with E-state index in [1.165, 1.54) is 5.56 Å². The molecule has 88 valence electrons. The number of carbonyl (C=O) groups is 1. The molecular weight excluding hydrogens is 200 g/mol. The Hall–Kier alpha value is -1.31. The zero-order chi connectivity index (χ0) is 12.1. The van der Waals surface area contributed by atoms with Crippen molar-refractivity contribution >= 4 is 5.78 Å². The Kier molecular flexibility index (Phi) is 4.53. The van der Waals surface area contributed by atoms with Gasteiger partial charge in [-0.05, 0) is 25.5 Å². The van der Waals surface area contributed by atoms with Gasteiger partial charge in [0.15, 0.2) is 0 Å². The van der Waals surface area contributed by atoms with Crippen LogP contribution in [-0.2, 0) is 4.79 Å². The van der Waals surface area contributed by atoms with E-state index in [4.69, 9.17) is 4.74 Å². The molecule has 1 aromatic carbocycles. The molecule has 0 saturated carbocycles. The van der Waals surface area contributed by atoms with Gasteiger partial charge in [-0.1, -0.05) is 31.5 Å². The highest BCUT2D eigenvalue weighted by Crippen LogP contribution is 2.18. The molecule has 1 rings (SSSR count). The minimum atomic E-state index is 0.0997. The first-order valence-electron chi connectivity index (χ1n) is 5.73. The first-order valence-corrected chi connectivity index (χ1v) is 5.73. The van der Waals surface area contributed by atoms with Crippen molar-refractivity contribution in [3.63, 3.8) is 0 Å². The van der Waals surface area contributed by atoms with Crippen LogP contribution in [0.15, 0.2) is 18.2 Å². The quantitative estimate of drug-likeness (QED) is 0.761. The van der Waals surface area contributed by atoms with E-state index >= 15 is 0 Å². The summed E-state index contributed by atoms with van der Waals surface area (Å²) < 4.78 is 5.59. The second-order valence-corrected chi connectivity index (χ2v) is 4.49. The predicted octanol–water partition coefficient (Wildman–Crippen LogP) is 3.30. The number of benzene rings is 1. The summed E-state index contributed by atoms with van der Waals surface area (Å²) in [6.45, 7) is 8.38. The fourth-order valence-corrected chi connectivity index (χ4v) is 1.51. The van der Waals surface area contributed by atoms with Gasteiger partial charge < -0.3 is 4.74 Å². The van der Waals surface area contributed by atoms with E-state index in [-0.39, 0.29) is 11.7 Å². The maximum absolute atomic E-state index is 11.4. The summed E-state index contributed by atoms with van der Waals surface area (Å²) in [7, 11) is 0. The fraction of sp³-hybridized carbons (Fsp3) is 0.500.